The van der Waals surface area contributed by atoms with Crippen LogP contribution in [0.3, 0.4) is 0 Å². The van der Waals surface area contributed by atoms with Crippen molar-refractivity contribution in [3.63, 3.8) is 0 Å². The second-order valence-corrected chi connectivity index (χ2v) is 13.5. The van der Waals surface area contributed by atoms with Crippen LogP contribution in [0.1, 0.15) is 45.3 Å². The van der Waals surface area contributed by atoms with E-state index in [1.54, 1.807) is 12.1 Å². The van der Waals surface area contributed by atoms with Crippen LogP contribution in [0.4, 0.5) is 10.5 Å². The Labute approximate surface area is 288 Å². The van der Waals surface area contributed by atoms with Crippen molar-refractivity contribution >= 4 is 42.4 Å². The number of fused-ring (bicyclic) bond motifs is 3. The van der Waals surface area contributed by atoms with Gasteiger partial charge in [-0.05, 0) is 88.9 Å². The summed E-state index contributed by atoms with van der Waals surface area (Å²) in [6.07, 6.45) is 2.46. The van der Waals surface area contributed by atoms with Gasteiger partial charge in [0.25, 0.3) is 5.56 Å². The van der Waals surface area contributed by atoms with Crippen LogP contribution in [0.2, 0.25) is 0 Å². The van der Waals surface area contributed by atoms with Gasteiger partial charge in [-0.1, -0.05) is 6.07 Å². The summed E-state index contributed by atoms with van der Waals surface area (Å²) in [5.74, 6) is -1.52. The molecular formula is C33H32N5O12P. The monoisotopic (exact) mass is 721 g/mol. The first-order valence-electron chi connectivity index (χ1n) is 15.5. The highest BCUT2D eigenvalue weighted by Crippen LogP contribution is 2.48. The van der Waals surface area contributed by atoms with Crippen molar-refractivity contribution in [3.05, 3.63) is 115 Å². The summed E-state index contributed by atoms with van der Waals surface area (Å²) in [5.41, 5.74) is 2.12. The highest BCUT2D eigenvalue weighted by atomic mass is 31.2. The van der Waals surface area contributed by atoms with Crippen LogP contribution in [-0.2, 0) is 18.6 Å². The van der Waals surface area contributed by atoms with Gasteiger partial charge in [-0.25, -0.2) is 24.0 Å². The molecule has 0 bridgehead atoms. The molecule has 17 nitrogen and oxygen atoms in total. The molecule has 1 unspecified atom stereocenters. The molecule has 2 heterocycles. The molecule has 1 saturated heterocycles. The van der Waals surface area contributed by atoms with Gasteiger partial charge in [0.05, 0.1) is 18.3 Å². The highest BCUT2D eigenvalue weighted by molar-refractivity contribution is 7.50. The Kier molecular flexibility index (Phi) is 9.77. The van der Waals surface area contributed by atoms with Gasteiger partial charge in [-0.3, -0.25) is 23.7 Å². The molecule has 0 radical (unpaired) electrons. The van der Waals surface area contributed by atoms with E-state index in [1.165, 1.54) is 55.6 Å². The number of aryl methyl sites for hydroxylation is 1. The number of phenols is 1. The number of anilines is 1. The molecular weight excluding hydrogens is 689 g/mol. The number of carboxylic acids is 1. The Hall–Kier alpha value is -5.42. The molecule has 3 aromatic rings. The maximum Gasteiger partial charge on any atom is 0.403 e. The van der Waals surface area contributed by atoms with Crippen LogP contribution < -0.4 is 27.0 Å². The van der Waals surface area contributed by atoms with Gasteiger partial charge in [-0.2, -0.15) is 0 Å². The van der Waals surface area contributed by atoms with Gasteiger partial charge < -0.3 is 35.6 Å². The van der Waals surface area contributed by atoms with Crippen molar-refractivity contribution in [1.82, 2.24) is 20.0 Å². The molecule has 4 atom stereocenters. The molecule has 1 aliphatic heterocycles. The van der Waals surface area contributed by atoms with Crippen molar-refractivity contribution in [1.29, 1.82) is 0 Å². The number of aromatic carboxylic acids is 1. The van der Waals surface area contributed by atoms with E-state index in [0.717, 1.165) is 4.57 Å². The molecule has 6 rings (SSSR count). The first kappa shape index (κ1) is 35.4. The Balaban J connectivity index is 1.05. The van der Waals surface area contributed by atoms with Gasteiger partial charge in [0.15, 0.2) is 5.78 Å². The number of carboxylic acid groups (broad SMARTS) is 1. The summed E-state index contributed by atoms with van der Waals surface area (Å²) in [6.45, 7) is 0.632. The number of nitrogens with zero attached hydrogens (tertiary/aromatic N) is 1. The maximum absolute atomic E-state index is 12.7. The number of phenolic OH excluding ortho intramolecular Hbond substituents is 1. The number of allylic oxidation sites excluding steroid dienone is 5. The largest absolute Gasteiger partial charge is 0.508 e. The normalized spacial score (nSPS) is 20.4. The van der Waals surface area contributed by atoms with E-state index >= 15 is 0 Å². The Morgan fingerprint density at radius 3 is 2.63 bits per heavy atom. The van der Waals surface area contributed by atoms with E-state index in [-0.39, 0.29) is 53.4 Å². The number of ketones is 1. The standard InChI is InChI=1S/C33H32N5O12P/c1-16-14-38(33(46)37-30(16)42)28-13-26(41)27(50-28)15-49-51(47,48)35-9-8-34-32(45)36-17-2-5-22(31(43)44)25(10-17)29-20-6-3-18(39)11-23(20)24-12-19(40)4-7-21(24)29/h2-7,10-12,14,26-28,39,41H,8-9,13,15H2,1H3,(H,43,44)(H2,34,36,45)(H2,35,47,48)(H,37,42,46)/t26-,27+,28+/m0/s1. The lowest BCUT2D eigenvalue weighted by Gasteiger charge is -2.19. The molecule has 2 aliphatic carbocycles. The zero-order valence-electron chi connectivity index (χ0n) is 26.8. The van der Waals surface area contributed by atoms with E-state index in [2.05, 4.69) is 20.7 Å². The minimum atomic E-state index is -4.43. The molecule has 266 valence electrons. The zero-order valence-corrected chi connectivity index (χ0v) is 27.7. The van der Waals surface area contributed by atoms with E-state index in [9.17, 15) is 48.8 Å². The fourth-order valence-electron chi connectivity index (χ4n) is 5.99. The Bertz CT molecular complexity index is 2220. The third-order valence-corrected chi connectivity index (χ3v) is 9.52. The van der Waals surface area contributed by atoms with E-state index in [4.69, 9.17) is 9.26 Å². The number of carbonyl (C=O) groups is 3. The fraction of sp³-hybridized carbons (Fsp3) is 0.242. The van der Waals surface area contributed by atoms with E-state index in [1.807, 2.05) is 0 Å². The van der Waals surface area contributed by atoms with Gasteiger partial charge >= 0.3 is 25.4 Å². The molecule has 18 heteroatoms. The van der Waals surface area contributed by atoms with Gasteiger partial charge in [0.2, 0.25) is 0 Å². The van der Waals surface area contributed by atoms with Crippen LogP contribution in [-0.4, -0.2) is 79.5 Å². The average molecular weight is 722 g/mol. The third-order valence-electron chi connectivity index (χ3n) is 8.40. The van der Waals surface area contributed by atoms with Crippen molar-refractivity contribution < 1.29 is 48.4 Å². The first-order chi connectivity index (χ1) is 24.2. The molecule has 1 fully saturated rings. The topological polar surface area (TPSA) is 259 Å². The number of hydrogen-bond donors (Lipinski definition) is 8. The summed E-state index contributed by atoms with van der Waals surface area (Å²) >= 11 is 0. The van der Waals surface area contributed by atoms with Crippen LogP contribution >= 0.6 is 7.75 Å². The van der Waals surface area contributed by atoms with Crippen molar-refractivity contribution in [2.75, 3.05) is 25.0 Å². The van der Waals surface area contributed by atoms with Crippen molar-refractivity contribution in [3.8, 4) is 5.75 Å². The van der Waals surface area contributed by atoms with E-state index in [0.29, 0.717) is 27.8 Å². The molecule has 8 N–H and O–H groups in total. The predicted octanol–water partition coefficient (Wildman–Crippen LogP) is 1.76. The number of aliphatic hydroxyl groups excluding tert-OH is 1. The molecule has 51 heavy (non-hydrogen) atoms. The number of aromatic hydroxyl groups is 1. The zero-order chi connectivity index (χ0) is 36.6. The SMILES string of the molecule is Cc1cn([C@H]2C[C@H](O)[C@@H](COP(=O)(O)NCCNC(=O)Nc3ccc(C(=O)O)c(C4=C5C=CC(=O)C=C5c5cc(O)ccc54)c3)O2)c(=O)[nH]c1=O. The fourth-order valence-corrected chi connectivity index (χ4v) is 6.83. The number of urea groups is 1. The summed E-state index contributed by atoms with van der Waals surface area (Å²) in [6, 6.07) is 8.05. The lowest BCUT2D eigenvalue weighted by atomic mass is 9.91. The number of ether oxygens (including phenoxy) is 1. The van der Waals surface area contributed by atoms with Crippen molar-refractivity contribution in [2.24, 2.45) is 0 Å². The second kappa shape index (κ2) is 14.1. The lowest BCUT2D eigenvalue weighted by Crippen LogP contribution is -2.35. The lowest BCUT2D eigenvalue weighted by molar-refractivity contribution is -0.110. The smallest absolute Gasteiger partial charge is 0.403 e. The van der Waals surface area contributed by atoms with Crippen LogP contribution in [0.5, 0.6) is 5.75 Å². The third kappa shape index (κ3) is 7.53. The minimum Gasteiger partial charge on any atom is -0.508 e. The maximum atomic E-state index is 12.7. The van der Waals surface area contributed by atoms with Crippen LogP contribution in [0.25, 0.3) is 11.1 Å². The summed E-state index contributed by atoms with van der Waals surface area (Å²) in [4.78, 5) is 73.3. The summed E-state index contributed by atoms with van der Waals surface area (Å²) < 4.78 is 24.3. The number of hydrogen-bond acceptors (Lipinski definition) is 10. The van der Waals surface area contributed by atoms with Gasteiger partial charge in [-0.15, -0.1) is 0 Å². The average Bonchev–Trinajstić information content (AvgIpc) is 3.60. The molecule has 3 aliphatic rings. The van der Waals surface area contributed by atoms with Crippen LogP contribution in [0, 0.1) is 6.92 Å². The second-order valence-electron chi connectivity index (χ2n) is 11.9. The number of carbonyl (C=O) groups excluding carboxylic acids is 2. The number of aliphatic hydroxyl groups is 1. The number of amides is 2. The number of aromatic nitrogens is 2. The minimum absolute atomic E-state index is 0.0329. The summed E-state index contributed by atoms with van der Waals surface area (Å²) in [7, 11) is -4.43. The van der Waals surface area contributed by atoms with E-state index < -0.39 is 56.0 Å². The number of H-pyrrole nitrogens is 1. The quantitative estimate of drug-likeness (QED) is 0.104. The van der Waals surface area contributed by atoms with Crippen LogP contribution in [0.15, 0.2) is 76.0 Å². The van der Waals surface area contributed by atoms with Gasteiger partial charge in [0, 0.05) is 37.0 Å². The number of benzene rings is 2. The Morgan fingerprint density at radius 2 is 1.86 bits per heavy atom. The number of aromatic amines is 1. The molecule has 0 spiro atoms. The Morgan fingerprint density at radius 1 is 1.08 bits per heavy atom. The highest BCUT2D eigenvalue weighted by Gasteiger charge is 2.37. The molecule has 0 saturated carbocycles. The molecule has 2 amide bonds. The molecule has 1 aromatic heterocycles. The first-order valence-corrected chi connectivity index (χ1v) is 17.1. The number of rotatable bonds is 11. The van der Waals surface area contributed by atoms with Gasteiger partial charge in [0.1, 0.15) is 18.1 Å². The predicted molar refractivity (Wildman–Crippen MR) is 181 cm³/mol. The van der Waals surface area contributed by atoms with Crippen molar-refractivity contribution in [2.45, 2.75) is 31.8 Å². The summed E-state index contributed by atoms with van der Waals surface area (Å²) in [5, 5.41) is 37.9. The molecule has 2 aromatic carbocycles. The number of nitrogens with one attached hydrogen (secondary N) is 4.